The number of fused-ring (bicyclic) bond motifs is 1. The Labute approximate surface area is 210 Å². The highest BCUT2D eigenvalue weighted by molar-refractivity contribution is 5.93. The third-order valence-electron chi connectivity index (χ3n) is 6.32. The number of rotatable bonds is 7. The van der Waals surface area contributed by atoms with Crippen molar-refractivity contribution in [2.24, 2.45) is 26.2 Å². The molecule has 0 spiro atoms. The number of carbonyl (C=O) groups excluding carboxylic acids is 1. The monoisotopic (exact) mass is 484 g/mol. The Morgan fingerprint density at radius 3 is 1.92 bits per heavy atom. The van der Waals surface area contributed by atoms with E-state index in [1.807, 2.05) is 25.2 Å². The average molecular weight is 485 g/mol. The van der Waals surface area contributed by atoms with Gasteiger partial charge in [-0.2, -0.15) is 10.2 Å². The van der Waals surface area contributed by atoms with Crippen LogP contribution in [0.5, 0.6) is 11.5 Å². The zero-order valence-electron chi connectivity index (χ0n) is 20.9. The van der Waals surface area contributed by atoms with Crippen molar-refractivity contribution in [3.8, 4) is 11.5 Å². The van der Waals surface area contributed by atoms with Crippen LogP contribution in [-0.4, -0.2) is 27.2 Å². The lowest BCUT2D eigenvalue weighted by molar-refractivity contribution is 0.100. The van der Waals surface area contributed by atoms with Crippen molar-refractivity contribution in [3.05, 3.63) is 78.0 Å². The molecule has 0 aromatic heterocycles. The normalized spacial score (nSPS) is 14.5. The van der Waals surface area contributed by atoms with Crippen molar-refractivity contribution < 1.29 is 14.3 Å². The first-order chi connectivity index (χ1) is 17.1. The number of likely N-dealkylation sites (N-methyl/N-ethyl adjacent to an activating group) is 1. The quantitative estimate of drug-likeness (QED) is 0.368. The van der Waals surface area contributed by atoms with Gasteiger partial charge in [0, 0.05) is 41.5 Å². The summed E-state index contributed by atoms with van der Waals surface area (Å²) in [5.74, 6) is 0.415. The molecule has 1 heterocycles. The fourth-order valence-corrected chi connectivity index (χ4v) is 4.04. The van der Waals surface area contributed by atoms with Crippen molar-refractivity contribution in [3.63, 3.8) is 0 Å². The van der Waals surface area contributed by atoms with Gasteiger partial charge in [-0.05, 0) is 48.0 Å². The number of amides is 1. The molecule has 1 amide bonds. The van der Waals surface area contributed by atoms with E-state index in [1.165, 1.54) is 7.11 Å². The Balaban J connectivity index is 1.62. The highest BCUT2D eigenvalue weighted by Crippen LogP contribution is 2.47. The largest absolute Gasteiger partial charge is 0.494 e. The van der Waals surface area contributed by atoms with E-state index in [-0.39, 0.29) is 5.41 Å². The van der Waals surface area contributed by atoms with Gasteiger partial charge in [0.15, 0.2) is 0 Å². The standard InChI is InChI=1S/C27H28N6O3/c1-16-27(2,3)20-13-19(11-12-23(20)33(16)4)30-32-22-15-24(35-5)21(14-25(22)36-6)31-29-18-9-7-17(8-10-18)26(28)34/h7-15H,1H2,2-6H3,(H2,28,34). The summed E-state index contributed by atoms with van der Waals surface area (Å²) in [7, 11) is 5.10. The molecule has 3 aromatic rings. The lowest BCUT2D eigenvalue weighted by Crippen LogP contribution is -2.21. The minimum atomic E-state index is -0.504. The summed E-state index contributed by atoms with van der Waals surface area (Å²) in [5, 5.41) is 17.4. The molecule has 0 atom stereocenters. The fraction of sp³-hybridized carbons (Fsp3) is 0.222. The van der Waals surface area contributed by atoms with E-state index in [0.717, 1.165) is 16.9 Å². The van der Waals surface area contributed by atoms with Crippen LogP contribution in [0, 0.1) is 0 Å². The molecule has 4 rings (SSSR count). The fourth-order valence-electron chi connectivity index (χ4n) is 4.04. The number of allylic oxidation sites excluding steroid dienone is 1. The Morgan fingerprint density at radius 2 is 1.39 bits per heavy atom. The maximum absolute atomic E-state index is 11.2. The number of ether oxygens (including phenoxy) is 2. The highest BCUT2D eigenvalue weighted by atomic mass is 16.5. The van der Waals surface area contributed by atoms with Gasteiger partial charge in [0.1, 0.15) is 22.9 Å². The number of nitrogens with two attached hydrogens (primary N) is 1. The molecular formula is C27H28N6O3. The third-order valence-corrected chi connectivity index (χ3v) is 6.32. The molecule has 9 heteroatoms. The third kappa shape index (κ3) is 4.55. The molecule has 9 nitrogen and oxygen atoms in total. The number of methoxy groups -OCH3 is 2. The summed E-state index contributed by atoms with van der Waals surface area (Å²) >= 11 is 0. The van der Waals surface area contributed by atoms with E-state index in [4.69, 9.17) is 15.2 Å². The molecule has 0 fully saturated rings. The van der Waals surface area contributed by atoms with Gasteiger partial charge in [-0.25, -0.2) is 0 Å². The Morgan fingerprint density at radius 1 is 0.861 bits per heavy atom. The van der Waals surface area contributed by atoms with Crippen LogP contribution in [0.2, 0.25) is 0 Å². The molecule has 3 aromatic carbocycles. The van der Waals surface area contributed by atoms with Gasteiger partial charge >= 0.3 is 0 Å². The molecule has 0 unspecified atom stereocenters. The van der Waals surface area contributed by atoms with E-state index in [0.29, 0.717) is 39.8 Å². The van der Waals surface area contributed by atoms with E-state index in [1.54, 1.807) is 43.5 Å². The number of primary amides is 1. The second-order valence-corrected chi connectivity index (χ2v) is 8.84. The first-order valence-electron chi connectivity index (χ1n) is 11.2. The number of nitrogens with zero attached hydrogens (tertiary/aromatic N) is 5. The summed E-state index contributed by atoms with van der Waals surface area (Å²) in [4.78, 5) is 13.3. The summed E-state index contributed by atoms with van der Waals surface area (Å²) in [5.41, 5.74) is 11.0. The lowest BCUT2D eigenvalue weighted by Gasteiger charge is -2.22. The highest BCUT2D eigenvalue weighted by Gasteiger charge is 2.37. The maximum atomic E-state index is 11.2. The topological polar surface area (TPSA) is 114 Å². The van der Waals surface area contributed by atoms with Crippen molar-refractivity contribution in [1.82, 2.24) is 0 Å². The predicted molar refractivity (Wildman–Crippen MR) is 140 cm³/mol. The van der Waals surface area contributed by atoms with Gasteiger partial charge in [0.05, 0.1) is 25.6 Å². The Hall–Kier alpha value is -4.53. The van der Waals surface area contributed by atoms with E-state index < -0.39 is 5.91 Å². The minimum absolute atomic E-state index is 0.191. The number of anilines is 1. The number of benzene rings is 3. The van der Waals surface area contributed by atoms with E-state index in [9.17, 15) is 4.79 Å². The molecule has 0 aliphatic carbocycles. The van der Waals surface area contributed by atoms with Gasteiger partial charge in [0.2, 0.25) is 5.91 Å². The van der Waals surface area contributed by atoms with Crippen molar-refractivity contribution in [2.75, 3.05) is 26.2 Å². The molecule has 0 radical (unpaired) electrons. The van der Waals surface area contributed by atoms with Crippen molar-refractivity contribution in [1.29, 1.82) is 0 Å². The number of hydrogen-bond acceptors (Lipinski definition) is 8. The van der Waals surface area contributed by atoms with Crippen LogP contribution < -0.4 is 20.1 Å². The number of carbonyl (C=O) groups is 1. The molecule has 0 saturated heterocycles. The molecular weight excluding hydrogens is 456 g/mol. The van der Waals surface area contributed by atoms with Gasteiger partial charge in [-0.1, -0.05) is 20.4 Å². The van der Waals surface area contributed by atoms with Crippen molar-refractivity contribution >= 4 is 34.3 Å². The minimum Gasteiger partial charge on any atom is -0.494 e. The van der Waals surface area contributed by atoms with Gasteiger partial charge in [-0.15, -0.1) is 10.2 Å². The van der Waals surface area contributed by atoms with Crippen LogP contribution in [-0.2, 0) is 5.41 Å². The summed E-state index contributed by atoms with van der Waals surface area (Å²) in [6, 6.07) is 15.8. The molecule has 2 N–H and O–H groups in total. The average Bonchev–Trinajstić information content (AvgIpc) is 3.05. The van der Waals surface area contributed by atoms with Gasteiger partial charge in [0.25, 0.3) is 0 Å². The second-order valence-electron chi connectivity index (χ2n) is 8.84. The molecule has 184 valence electrons. The number of hydrogen-bond donors (Lipinski definition) is 1. The molecule has 1 aliphatic heterocycles. The molecule has 36 heavy (non-hydrogen) atoms. The van der Waals surface area contributed by atoms with E-state index >= 15 is 0 Å². The zero-order chi connectivity index (χ0) is 26.0. The smallest absolute Gasteiger partial charge is 0.248 e. The Kier molecular flexibility index (Phi) is 6.57. The van der Waals surface area contributed by atoms with Crippen LogP contribution in [0.15, 0.2) is 87.3 Å². The first kappa shape index (κ1) is 24.6. The van der Waals surface area contributed by atoms with Crippen LogP contribution >= 0.6 is 0 Å². The molecule has 1 aliphatic rings. The molecule has 0 saturated carbocycles. The van der Waals surface area contributed by atoms with Crippen LogP contribution in [0.25, 0.3) is 0 Å². The van der Waals surface area contributed by atoms with Crippen LogP contribution in [0.4, 0.5) is 28.4 Å². The number of azo groups is 2. The van der Waals surface area contributed by atoms with Gasteiger partial charge in [-0.3, -0.25) is 4.79 Å². The van der Waals surface area contributed by atoms with Crippen LogP contribution in [0.3, 0.4) is 0 Å². The summed E-state index contributed by atoms with van der Waals surface area (Å²) in [6.45, 7) is 8.52. The van der Waals surface area contributed by atoms with Crippen LogP contribution in [0.1, 0.15) is 29.8 Å². The van der Waals surface area contributed by atoms with Crippen molar-refractivity contribution in [2.45, 2.75) is 19.3 Å². The maximum Gasteiger partial charge on any atom is 0.248 e. The Bertz CT molecular complexity index is 1390. The lowest BCUT2D eigenvalue weighted by atomic mass is 9.84. The van der Waals surface area contributed by atoms with E-state index in [2.05, 4.69) is 45.8 Å². The zero-order valence-corrected chi connectivity index (χ0v) is 20.9. The SMILES string of the molecule is C=C1N(C)c2ccc(N=Nc3cc(OC)c(N=Nc4ccc(C(N)=O)cc4)cc3OC)cc2C1(C)C. The van der Waals surface area contributed by atoms with Gasteiger partial charge < -0.3 is 20.1 Å². The summed E-state index contributed by atoms with van der Waals surface area (Å²) < 4.78 is 11.0. The second kappa shape index (κ2) is 9.61. The summed E-state index contributed by atoms with van der Waals surface area (Å²) in [6.07, 6.45) is 0. The first-order valence-corrected chi connectivity index (χ1v) is 11.2. The molecule has 0 bridgehead atoms. The predicted octanol–water partition coefficient (Wildman–Crippen LogP) is 6.87.